The summed E-state index contributed by atoms with van der Waals surface area (Å²) in [5.74, 6) is 0. The van der Waals surface area contributed by atoms with Crippen LogP contribution in [-0.4, -0.2) is 17.4 Å². The zero-order valence-electron chi connectivity index (χ0n) is 5.41. The first kappa shape index (κ1) is 15.6. The van der Waals surface area contributed by atoms with E-state index in [1.54, 1.807) is 0 Å². The molecule has 0 aromatic carbocycles. The molecule has 0 aromatic rings. The largest absolute Gasteiger partial charge is 1.00 e. The SMILES string of the molecule is CCCC.[AlH3].[H-].[HH].[HH].[HH].[Na+]. The fraction of sp³-hybridized carbons (Fsp3) is 1.00. The molecule has 40 valence electrons. The van der Waals surface area contributed by atoms with Crippen LogP contribution < -0.4 is 29.6 Å². The maximum atomic E-state index is 2.18. The van der Waals surface area contributed by atoms with Crippen LogP contribution in [0.3, 0.4) is 0 Å². The molecule has 0 aliphatic heterocycles. The van der Waals surface area contributed by atoms with Gasteiger partial charge in [0, 0.05) is 4.28 Å². The van der Waals surface area contributed by atoms with Crippen molar-refractivity contribution >= 4 is 17.4 Å². The van der Waals surface area contributed by atoms with Gasteiger partial charge in [-0.25, -0.2) is 0 Å². The molecule has 0 radical (unpaired) electrons. The Morgan fingerprint density at radius 2 is 1.50 bits per heavy atom. The summed E-state index contributed by atoms with van der Waals surface area (Å²) in [6.07, 6.45) is 2.64. The predicted molar refractivity (Wildman–Crippen MR) is 38.0 cm³/mol. The molecular formula is C4H20AlNa. The van der Waals surface area contributed by atoms with Crippen molar-refractivity contribution in [1.82, 2.24) is 0 Å². The Bertz CT molecular complexity index is 19.2. The predicted octanol–water partition coefficient (Wildman–Crippen LogP) is -1.52. The van der Waals surface area contributed by atoms with Crippen molar-refractivity contribution < 1.29 is 35.3 Å². The first-order valence-corrected chi connectivity index (χ1v) is 1.91. The molecule has 0 aliphatic rings. The second-order valence-electron chi connectivity index (χ2n) is 1.000. The molecule has 6 heavy (non-hydrogen) atoms. The molecule has 0 aliphatic carbocycles. The third-order valence-corrected chi connectivity index (χ3v) is 0.500. The molecule has 0 saturated heterocycles. The fourth-order valence-electron chi connectivity index (χ4n) is 0. The number of rotatable bonds is 1. The van der Waals surface area contributed by atoms with Crippen LogP contribution in [0.1, 0.15) is 32.4 Å². The van der Waals surface area contributed by atoms with E-state index in [9.17, 15) is 0 Å². The molecule has 0 bridgehead atoms. The van der Waals surface area contributed by atoms with Crippen molar-refractivity contribution in [2.45, 2.75) is 26.7 Å². The van der Waals surface area contributed by atoms with Crippen molar-refractivity contribution in [1.29, 1.82) is 0 Å². The standard InChI is InChI=1S/C4H10.Al.Na.3H2.4H/c1-3-4-2;;;;;;;;;/h3-4H2,1-2H3;;;3*1H;;;;/q;;+1;;;;;;;-1. The smallest absolute Gasteiger partial charge is 1.00 e. The van der Waals surface area contributed by atoms with Gasteiger partial charge in [0.15, 0.2) is 17.4 Å². The van der Waals surface area contributed by atoms with Crippen LogP contribution in [0.15, 0.2) is 0 Å². The Balaban J connectivity index is -0.00000000300. The van der Waals surface area contributed by atoms with E-state index in [1.807, 2.05) is 0 Å². The van der Waals surface area contributed by atoms with Gasteiger partial charge >= 0.3 is 29.6 Å². The number of hydrogen-bond acceptors (Lipinski definition) is 0. The minimum absolute atomic E-state index is 0. The summed E-state index contributed by atoms with van der Waals surface area (Å²) in [6, 6.07) is 0. The third-order valence-electron chi connectivity index (χ3n) is 0.500. The van der Waals surface area contributed by atoms with Gasteiger partial charge in [0.2, 0.25) is 0 Å². The second kappa shape index (κ2) is 16.0. The van der Waals surface area contributed by atoms with Gasteiger partial charge in [-0.15, -0.1) is 0 Å². The van der Waals surface area contributed by atoms with Crippen molar-refractivity contribution in [2.75, 3.05) is 0 Å². The molecule has 0 nitrogen and oxygen atoms in total. The molecule has 0 atom stereocenters. The molecule has 0 saturated carbocycles. The van der Waals surface area contributed by atoms with Gasteiger partial charge in [0.1, 0.15) is 0 Å². The molecule has 0 amide bonds. The van der Waals surface area contributed by atoms with Crippen LogP contribution in [-0.2, 0) is 0 Å². The van der Waals surface area contributed by atoms with Gasteiger partial charge < -0.3 is 1.43 Å². The Hall–Kier alpha value is 1.53. The minimum atomic E-state index is 0. The molecule has 0 unspecified atom stereocenters. The molecule has 2 heteroatoms. The van der Waals surface area contributed by atoms with Crippen molar-refractivity contribution in [3.63, 3.8) is 0 Å². The van der Waals surface area contributed by atoms with Crippen LogP contribution in [0.25, 0.3) is 0 Å². The Morgan fingerprint density at radius 1 is 1.33 bits per heavy atom. The van der Waals surface area contributed by atoms with Gasteiger partial charge in [-0.3, -0.25) is 0 Å². The molecule has 0 fully saturated rings. The van der Waals surface area contributed by atoms with Gasteiger partial charge in [-0.05, 0) is 0 Å². The molecular weight excluding hydrogens is 98.0 g/mol. The van der Waals surface area contributed by atoms with E-state index in [4.69, 9.17) is 0 Å². The van der Waals surface area contributed by atoms with Gasteiger partial charge in [0.25, 0.3) is 0 Å². The van der Waals surface area contributed by atoms with Gasteiger partial charge in [0.05, 0.1) is 0 Å². The first-order valence-electron chi connectivity index (χ1n) is 1.91. The van der Waals surface area contributed by atoms with Crippen LogP contribution in [0.5, 0.6) is 0 Å². The summed E-state index contributed by atoms with van der Waals surface area (Å²) in [6.45, 7) is 4.36. The average molecular weight is 118 g/mol. The monoisotopic (exact) mass is 118 g/mol. The van der Waals surface area contributed by atoms with Crippen LogP contribution in [0.4, 0.5) is 0 Å². The number of hydrogen-bond donors (Lipinski definition) is 0. The summed E-state index contributed by atoms with van der Waals surface area (Å²) >= 11 is 0. The van der Waals surface area contributed by atoms with Crippen molar-refractivity contribution in [2.24, 2.45) is 0 Å². The van der Waals surface area contributed by atoms with Crippen LogP contribution in [0, 0.1) is 0 Å². The molecule has 0 N–H and O–H groups in total. The van der Waals surface area contributed by atoms with E-state index in [2.05, 4.69) is 13.8 Å². The summed E-state index contributed by atoms with van der Waals surface area (Å²) in [5, 5.41) is 0. The van der Waals surface area contributed by atoms with E-state index < -0.39 is 0 Å². The normalized spacial score (nSPS) is 5.00. The summed E-state index contributed by atoms with van der Waals surface area (Å²) in [4.78, 5) is 0. The zero-order chi connectivity index (χ0) is 3.41. The van der Waals surface area contributed by atoms with E-state index in [0.717, 1.165) is 0 Å². The van der Waals surface area contributed by atoms with E-state index in [0.29, 0.717) is 0 Å². The maximum Gasteiger partial charge on any atom is 1.00 e. The molecule has 0 heterocycles. The minimum Gasteiger partial charge on any atom is -1.00 e. The first-order chi connectivity index (χ1) is 1.91. The summed E-state index contributed by atoms with van der Waals surface area (Å²) in [7, 11) is 0. The summed E-state index contributed by atoms with van der Waals surface area (Å²) in [5.41, 5.74) is 0. The molecule has 0 aromatic heterocycles. The topological polar surface area (TPSA) is 0 Å². The second-order valence-corrected chi connectivity index (χ2v) is 1.000. The van der Waals surface area contributed by atoms with Crippen LogP contribution in [0.2, 0.25) is 0 Å². The Morgan fingerprint density at radius 3 is 1.50 bits per heavy atom. The van der Waals surface area contributed by atoms with Gasteiger partial charge in [-0.2, -0.15) is 0 Å². The molecule has 0 rings (SSSR count). The quantitative estimate of drug-likeness (QED) is 0.367. The summed E-state index contributed by atoms with van der Waals surface area (Å²) < 4.78 is 0. The molecule has 0 spiro atoms. The zero-order valence-corrected chi connectivity index (χ0v) is 6.41. The third kappa shape index (κ3) is 17.7. The van der Waals surface area contributed by atoms with E-state index >= 15 is 0 Å². The van der Waals surface area contributed by atoms with Crippen LogP contribution >= 0.6 is 0 Å². The van der Waals surface area contributed by atoms with Crippen molar-refractivity contribution in [3.05, 3.63) is 0 Å². The fourth-order valence-corrected chi connectivity index (χ4v) is 0. The van der Waals surface area contributed by atoms with Gasteiger partial charge in [-0.1, -0.05) is 26.7 Å². The van der Waals surface area contributed by atoms with E-state index in [1.165, 1.54) is 12.8 Å². The maximum absolute atomic E-state index is 2.18. The Labute approximate surface area is 79.1 Å². The van der Waals surface area contributed by atoms with E-state index in [-0.39, 0.29) is 52.6 Å². The average Bonchev–Trinajstić information content (AvgIpc) is 1.37. The Kier molecular flexibility index (Phi) is 41.8. The number of unbranched alkanes of at least 4 members (excludes halogenated alkanes) is 1. The van der Waals surface area contributed by atoms with Crippen molar-refractivity contribution in [3.8, 4) is 0 Å².